The fourth-order valence-corrected chi connectivity index (χ4v) is 3.83. The molecule has 1 aromatic heterocycles. The van der Waals surface area contributed by atoms with E-state index in [2.05, 4.69) is 31.4 Å². The largest absolute Gasteiger partial charge is 0.342 e. The van der Waals surface area contributed by atoms with Gasteiger partial charge < -0.3 is 9.88 Å². The number of carbonyl (C=O) groups excluding carboxylic acids is 2. The van der Waals surface area contributed by atoms with Crippen molar-refractivity contribution in [2.75, 3.05) is 5.75 Å². The number of benzene rings is 2. The van der Waals surface area contributed by atoms with E-state index in [1.54, 1.807) is 41.0 Å². The quantitative estimate of drug-likeness (QED) is 0.381. The Bertz CT molecular complexity index is 1020. The number of hydrogen-bond acceptors (Lipinski definition) is 5. The second-order valence-electron chi connectivity index (χ2n) is 6.32. The van der Waals surface area contributed by atoms with Crippen LogP contribution in [0.2, 0.25) is 5.02 Å². The molecule has 0 bridgehead atoms. The van der Waals surface area contributed by atoms with Gasteiger partial charge in [-0.2, -0.15) is 0 Å². The van der Waals surface area contributed by atoms with Crippen molar-refractivity contribution in [2.24, 2.45) is 7.05 Å². The van der Waals surface area contributed by atoms with Crippen molar-refractivity contribution in [2.45, 2.75) is 18.1 Å². The van der Waals surface area contributed by atoms with Gasteiger partial charge in [0.05, 0.1) is 11.8 Å². The summed E-state index contributed by atoms with van der Waals surface area (Å²) in [7, 11) is 1.81. The Kier molecular flexibility index (Phi) is 7.10. The van der Waals surface area contributed by atoms with Crippen molar-refractivity contribution in [1.82, 2.24) is 20.1 Å². The molecule has 0 aliphatic heterocycles. The molecule has 0 fully saturated rings. The van der Waals surface area contributed by atoms with Crippen LogP contribution in [0.3, 0.4) is 0 Å². The molecule has 0 aliphatic rings. The highest BCUT2D eigenvalue weighted by atomic mass is 79.9. The molecule has 6 nitrogen and oxygen atoms in total. The van der Waals surface area contributed by atoms with Gasteiger partial charge in [0.15, 0.2) is 16.8 Å². The van der Waals surface area contributed by atoms with Crippen molar-refractivity contribution in [1.29, 1.82) is 0 Å². The van der Waals surface area contributed by atoms with Crippen molar-refractivity contribution < 1.29 is 9.59 Å². The third-order valence-electron chi connectivity index (χ3n) is 4.21. The lowest BCUT2D eigenvalue weighted by Gasteiger charge is -2.13. The maximum absolute atomic E-state index is 12.4. The average molecular weight is 494 g/mol. The fraction of sp³-hybridized carbons (Fsp3) is 0.200. The molecule has 0 unspecified atom stereocenters. The third kappa shape index (κ3) is 5.46. The first-order chi connectivity index (χ1) is 13.8. The highest BCUT2D eigenvalue weighted by Gasteiger charge is 2.19. The van der Waals surface area contributed by atoms with Crippen LogP contribution in [0.15, 0.2) is 58.2 Å². The van der Waals surface area contributed by atoms with Crippen LogP contribution in [0.4, 0.5) is 0 Å². The highest BCUT2D eigenvalue weighted by Crippen LogP contribution is 2.21. The minimum atomic E-state index is -0.354. The van der Waals surface area contributed by atoms with Gasteiger partial charge in [0, 0.05) is 27.7 Å². The lowest BCUT2D eigenvalue weighted by molar-refractivity contribution is 0.0937. The van der Waals surface area contributed by atoms with E-state index in [0.717, 1.165) is 4.47 Å². The normalized spacial score (nSPS) is 11.9. The standard InChI is InChI=1S/C20H18BrClN4O2S/c1-12(23-19(28)14-5-9-16(22)10-6-14)18-24-25-20(26(18)2)29-11-17(27)13-3-7-15(21)8-4-13/h3-10,12H,11H2,1-2H3,(H,23,28)/t12-/m0/s1. The number of hydrogen-bond donors (Lipinski definition) is 1. The van der Waals surface area contributed by atoms with Gasteiger partial charge in [-0.1, -0.05) is 51.4 Å². The summed E-state index contributed by atoms with van der Waals surface area (Å²) in [6.45, 7) is 1.83. The van der Waals surface area contributed by atoms with E-state index in [1.807, 2.05) is 26.1 Å². The fourth-order valence-electron chi connectivity index (χ4n) is 2.62. The lowest BCUT2D eigenvalue weighted by Crippen LogP contribution is -2.28. The molecule has 1 amide bonds. The average Bonchev–Trinajstić information content (AvgIpc) is 3.07. The van der Waals surface area contributed by atoms with Crippen molar-refractivity contribution in [3.63, 3.8) is 0 Å². The highest BCUT2D eigenvalue weighted by molar-refractivity contribution is 9.10. The number of aromatic nitrogens is 3. The molecule has 1 N–H and O–H groups in total. The van der Waals surface area contributed by atoms with Gasteiger partial charge >= 0.3 is 0 Å². The predicted molar refractivity (Wildman–Crippen MR) is 118 cm³/mol. The van der Waals surface area contributed by atoms with Crippen LogP contribution >= 0.6 is 39.3 Å². The predicted octanol–water partition coefficient (Wildman–Crippen LogP) is 4.70. The number of ketones is 1. The lowest BCUT2D eigenvalue weighted by atomic mass is 10.2. The molecule has 2 aromatic carbocycles. The molecule has 1 heterocycles. The molecule has 0 radical (unpaired) electrons. The van der Waals surface area contributed by atoms with Crippen LogP contribution in [0, 0.1) is 0 Å². The monoisotopic (exact) mass is 492 g/mol. The number of thioether (sulfide) groups is 1. The van der Waals surface area contributed by atoms with Gasteiger partial charge in [-0.3, -0.25) is 9.59 Å². The first kappa shape index (κ1) is 21.5. The van der Waals surface area contributed by atoms with Gasteiger partial charge in [-0.25, -0.2) is 0 Å². The number of nitrogens with zero attached hydrogens (tertiary/aromatic N) is 3. The Balaban J connectivity index is 1.62. The Morgan fingerprint density at radius 2 is 1.72 bits per heavy atom. The zero-order chi connectivity index (χ0) is 21.0. The number of Topliss-reactive ketones (excluding diaryl/α,β-unsaturated/α-hetero) is 1. The second kappa shape index (κ2) is 9.56. The minimum Gasteiger partial charge on any atom is -0.342 e. The van der Waals surface area contributed by atoms with E-state index in [-0.39, 0.29) is 23.5 Å². The van der Waals surface area contributed by atoms with E-state index in [4.69, 9.17) is 11.6 Å². The molecule has 0 spiro atoms. The summed E-state index contributed by atoms with van der Waals surface area (Å²) in [5.74, 6) is 0.637. The summed E-state index contributed by atoms with van der Waals surface area (Å²) >= 11 is 10.5. The molecule has 0 saturated heterocycles. The molecule has 0 aliphatic carbocycles. The zero-order valence-corrected chi connectivity index (χ0v) is 18.9. The molecule has 0 saturated carbocycles. The molecule has 150 valence electrons. The maximum atomic E-state index is 12.4. The first-order valence-electron chi connectivity index (χ1n) is 8.72. The number of halogens is 2. The summed E-state index contributed by atoms with van der Waals surface area (Å²) in [4.78, 5) is 24.7. The summed E-state index contributed by atoms with van der Waals surface area (Å²) in [5.41, 5.74) is 1.16. The molecule has 29 heavy (non-hydrogen) atoms. The van der Waals surface area contributed by atoms with Crippen molar-refractivity contribution in [3.8, 4) is 0 Å². The van der Waals surface area contributed by atoms with Crippen LogP contribution in [0.1, 0.15) is 39.5 Å². The number of carbonyl (C=O) groups is 2. The maximum Gasteiger partial charge on any atom is 0.251 e. The summed E-state index contributed by atoms with van der Waals surface area (Å²) < 4.78 is 2.71. The Morgan fingerprint density at radius 3 is 2.38 bits per heavy atom. The molecular formula is C20H18BrClN4O2S. The Labute approximate surface area is 186 Å². The van der Waals surface area contributed by atoms with Gasteiger partial charge in [0.2, 0.25) is 0 Å². The van der Waals surface area contributed by atoms with Gasteiger partial charge in [0.25, 0.3) is 5.91 Å². The van der Waals surface area contributed by atoms with E-state index < -0.39 is 0 Å². The van der Waals surface area contributed by atoms with Crippen LogP contribution < -0.4 is 5.32 Å². The van der Waals surface area contributed by atoms with Crippen LogP contribution in [0.25, 0.3) is 0 Å². The zero-order valence-electron chi connectivity index (χ0n) is 15.7. The van der Waals surface area contributed by atoms with Crippen molar-refractivity contribution >= 4 is 51.0 Å². The van der Waals surface area contributed by atoms with E-state index in [1.165, 1.54) is 11.8 Å². The van der Waals surface area contributed by atoms with E-state index in [9.17, 15) is 9.59 Å². The molecule has 1 atom stereocenters. The topological polar surface area (TPSA) is 76.9 Å². The van der Waals surface area contributed by atoms with Crippen LogP contribution in [-0.4, -0.2) is 32.2 Å². The number of nitrogens with one attached hydrogen (secondary N) is 1. The number of amides is 1. The summed E-state index contributed by atoms with van der Waals surface area (Å²) in [5, 5.41) is 12.4. The number of rotatable bonds is 7. The second-order valence-corrected chi connectivity index (χ2v) is 8.62. The van der Waals surface area contributed by atoms with Gasteiger partial charge in [-0.05, 0) is 43.3 Å². The van der Waals surface area contributed by atoms with Crippen LogP contribution in [0.5, 0.6) is 0 Å². The van der Waals surface area contributed by atoms with E-state index in [0.29, 0.717) is 27.1 Å². The SMILES string of the molecule is C[C@H](NC(=O)c1ccc(Cl)cc1)c1nnc(SCC(=O)c2ccc(Br)cc2)n1C. The van der Waals surface area contributed by atoms with Crippen molar-refractivity contribution in [3.05, 3.63) is 75.0 Å². The summed E-state index contributed by atoms with van der Waals surface area (Å²) in [6.07, 6.45) is 0. The molecular weight excluding hydrogens is 476 g/mol. The van der Waals surface area contributed by atoms with Gasteiger partial charge in [0.1, 0.15) is 0 Å². The van der Waals surface area contributed by atoms with Crippen LogP contribution in [-0.2, 0) is 7.05 Å². The summed E-state index contributed by atoms with van der Waals surface area (Å²) in [6, 6.07) is 13.5. The first-order valence-corrected chi connectivity index (χ1v) is 10.9. The smallest absolute Gasteiger partial charge is 0.251 e. The molecule has 3 aromatic rings. The Morgan fingerprint density at radius 1 is 1.10 bits per heavy atom. The molecule has 3 rings (SSSR count). The van der Waals surface area contributed by atoms with E-state index >= 15 is 0 Å². The Hall–Kier alpha value is -2.16. The van der Waals surface area contributed by atoms with Gasteiger partial charge in [-0.15, -0.1) is 10.2 Å². The minimum absolute atomic E-state index is 0.0103. The molecule has 9 heteroatoms. The third-order valence-corrected chi connectivity index (χ3v) is 6.01.